The van der Waals surface area contributed by atoms with Crippen LogP contribution in [0.3, 0.4) is 0 Å². The molecule has 1 aliphatic carbocycles. The van der Waals surface area contributed by atoms with Gasteiger partial charge in [0.1, 0.15) is 17.0 Å². The molecule has 1 N–H and O–H groups in total. The highest BCUT2D eigenvalue weighted by molar-refractivity contribution is 5.32. The highest BCUT2D eigenvalue weighted by Gasteiger charge is 2.42. The first kappa shape index (κ1) is 12.4. The van der Waals surface area contributed by atoms with Crippen LogP contribution in [0, 0.1) is 11.8 Å². The van der Waals surface area contributed by atoms with Gasteiger partial charge in [-0.15, -0.1) is 0 Å². The molecule has 1 saturated carbocycles. The number of ether oxygens (including phenoxy) is 1. The van der Waals surface area contributed by atoms with E-state index in [0.29, 0.717) is 17.4 Å². The van der Waals surface area contributed by atoms with E-state index >= 15 is 0 Å². The quantitative estimate of drug-likeness (QED) is 0.857. The summed E-state index contributed by atoms with van der Waals surface area (Å²) < 4.78 is 5.32. The Labute approximate surface area is 103 Å². The molecule has 0 spiro atoms. The van der Waals surface area contributed by atoms with Crippen LogP contribution in [0.2, 0.25) is 0 Å². The van der Waals surface area contributed by atoms with Crippen LogP contribution in [0.5, 0.6) is 5.75 Å². The highest BCUT2D eigenvalue weighted by atomic mass is 16.5. The molecule has 1 aromatic rings. The largest absolute Gasteiger partial charge is 0.495 e. The molecule has 0 radical (unpaired) electrons. The normalized spacial score (nSPS) is 33.4. The molecular formula is C14H21NO2. The minimum Gasteiger partial charge on any atom is -0.495 e. The number of hydrogen-bond donors (Lipinski definition) is 1. The fourth-order valence-electron chi connectivity index (χ4n) is 2.86. The van der Waals surface area contributed by atoms with Gasteiger partial charge in [-0.1, -0.05) is 13.8 Å². The van der Waals surface area contributed by atoms with E-state index in [1.165, 1.54) is 0 Å². The van der Waals surface area contributed by atoms with Crippen molar-refractivity contribution in [2.45, 2.75) is 38.7 Å². The van der Waals surface area contributed by atoms with Crippen LogP contribution in [0.25, 0.3) is 0 Å². The highest BCUT2D eigenvalue weighted by Crippen LogP contribution is 2.45. The van der Waals surface area contributed by atoms with E-state index < -0.39 is 5.60 Å². The monoisotopic (exact) mass is 235 g/mol. The second-order valence-electron chi connectivity index (χ2n) is 5.26. The van der Waals surface area contributed by atoms with Gasteiger partial charge in [0.15, 0.2) is 0 Å². The Hall–Kier alpha value is -1.09. The Morgan fingerprint density at radius 3 is 2.88 bits per heavy atom. The minimum atomic E-state index is -0.834. The molecule has 3 heteroatoms. The molecule has 0 aromatic carbocycles. The van der Waals surface area contributed by atoms with Crippen molar-refractivity contribution in [1.29, 1.82) is 0 Å². The van der Waals surface area contributed by atoms with E-state index in [-0.39, 0.29) is 5.92 Å². The van der Waals surface area contributed by atoms with Crippen LogP contribution in [-0.2, 0) is 5.60 Å². The molecule has 17 heavy (non-hydrogen) atoms. The van der Waals surface area contributed by atoms with Crippen molar-refractivity contribution >= 4 is 0 Å². The van der Waals surface area contributed by atoms with Crippen LogP contribution >= 0.6 is 0 Å². The molecule has 1 aromatic heterocycles. The lowest BCUT2D eigenvalue weighted by Gasteiger charge is -2.40. The molecule has 0 saturated heterocycles. The smallest absolute Gasteiger partial charge is 0.143 e. The maximum Gasteiger partial charge on any atom is 0.143 e. The minimum absolute atomic E-state index is 0.218. The number of nitrogens with zero attached hydrogens (tertiary/aromatic N) is 1. The Balaban J connectivity index is 2.37. The van der Waals surface area contributed by atoms with Crippen molar-refractivity contribution in [1.82, 2.24) is 4.98 Å². The number of rotatable bonds is 2. The molecule has 1 aliphatic rings. The van der Waals surface area contributed by atoms with Gasteiger partial charge < -0.3 is 9.84 Å². The molecule has 1 fully saturated rings. The van der Waals surface area contributed by atoms with Gasteiger partial charge in [-0.3, -0.25) is 4.98 Å². The van der Waals surface area contributed by atoms with Gasteiger partial charge in [0.2, 0.25) is 0 Å². The molecule has 3 nitrogen and oxygen atoms in total. The molecule has 94 valence electrons. The molecule has 0 amide bonds. The third kappa shape index (κ3) is 2.16. The van der Waals surface area contributed by atoms with Gasteiger partial charge >= 0.3 is 0 Å². The van der Waals surface area contributed by atoms with Gasteiger partial charge in [0.05, 0.1) is 7.11 Å². The third-order valence-corrected chi connectivity index (χ3v) is 3.99. The summed E-state index contributed by atoms with van der Waals surface area (Å²) in [6.07, 6.45) is 4.57. The number of methoxy groups -OCH3 is 1. The predicted molar refractivity (Wildman–Crippen MR) is 66.9 cm³/mol. The summed E-state index contributed by atoms with van der Waals surface area (Å²) in [7, 11) is 1.62. The fourth-order valence-corrected chi connectivity index (χ4v) is 2.86. The first-order valence-corrected chi connectivity index (χ1v) is 6.29. The van der Waals surface area contributed by atoms with E-state index in [1.54, 1.807) is 13.3 Å². The van der Waals surface area contributed by atoms with E-state index in [9.17, 15) is 5.11 Å². The molecular weight excluding hydrogens is 214 g/mol. The molecule has 1 heterocycles. The molecule has 0 bridgehead atoms. The number of pyridine rings is 1. The van der Waals surface area contributed by atoms with Crippen molar-refractivity contribution in [2.75, 3.05) is 7.11 Å². The topological polar surface area (TPSA) is 42.4 Å². The number of hydrogen-bond acceptors (Lipinski definition) is 3. The summed E-state index contributed by atoms with van der Waals surface area (Å²) in [6.45, 7) is 4.34. The summed E-state index contributed by atoms with van der Waals surface area (Å²) in [4.78, 5) is 4.35. The SMILES string of the molecule is COc1cccnc1C1(O)CCC(C)CC1C. The van der Waals surface area contributed by atoms with Crippen LogP contribution in [0.4, 0.5) is 0 Å². The van der Waals surface area contributed by atoms with Gasteiger partial charge in [-0.25, -0.2) is 0 Å². The average molecular weight is 235 g/mol. The van der Waals surface area contributed by atoms with Gasteiger partial charge in [-0.05, 0) is 43.2 Å². The van der Waals surface area contributed by atoms with Crippen LogP contribution in [0.1, 0.15) is 38.8 Å². The Morgan fingerprint density at radius 1 is 1.47 bits per heavy atom. The van der Waals surface area contributed by atoms with Gasteiger partial charge in [0.25, 0.3) is 0 Å². The van der Waals surface area contributed by atoms with Crippen LogP contribution in [0.15, 0.2) is 18.3 Å². The van der Waals surface area contributed by atoms with Crippen LogP contribution in [-0.4, -0.2) is 17.2 Å². The molecule has 3 atom stereocenters. The fraction of sp³-hybridized carbons (Fsp3) is 0.643. The van der Waals surface area contributed by atoms with E-state index in [2.05, 4.69) is 18.8 Å². The summed E-state index contributed by atoms with van der Waals surface area (Å²) in [5.41, 5.74) is -0.138. The predicted octanol–water partition coefficient (Wildman–Crippen LogP) is 2.73. The lowest BCUT2D eigenvalue weighted by atomic mass is 9.70. The Morgan fingerprint density at radius 2 is 2.24 bits per heavy atom. The van der Waals surface area contributed by atoms with Crippen molar-refractivity contribution < 1.29 is 9.84 Å². The Kier molecular flexibility index (Phi) is 3.38. The maximum atomic E-state index is 10.9. The lowest BCUT2D eigenvalue weighted by Crippen LogP contribution is -2.39. The molecule has 0 aliphatic heterocycles. The second-order valence-corrected chi connectivity index (χ2v) is 5.26. The zero-order valence-electron chi connectivity index (χ0n) is 10.8. The summed E-state index contributed by atoms with van der Waals surface area (Å²) in [5, 5.41) is 10.9. The molecule has 2 rings (SSSR count). The lowest BCUT2D eigenvalue weighted by molar-refractivity contribution is -0.0637. The first-order valence-electron chi connectivity index (χ1n) is 6.29. The summed E-state index contributed by atoms with van der Waals surface area (Å²) >= 11 is 0. The maximum absolute atomic E-state index is 10.9. The van der Waals surface area contributed by atoms with Crippen molar-refractivity contribution in [3.8, 4) is 5.75 Å². The summed E-state index contributed by atoms with van der Waals surface area (Å²) in [5.74, 6) is 1.59. The van der Waals surface area contributed by atoms with Gasteiger partial charge in [-0.2, -0.15) is 0 Å². The van der Waals surface area contributed by atoms with Crippen molar-refractivity contribution in [3.05, 3.63) is 24.0 Å². The average Bonchev–Trinajstić information content (AvgIpc) is 2.34. The third-order valence-electron chi connectivity index (χ3n) is 3.99. The van der Waals surface area contributed by atoms with Crippen LogP contribution < -0.4 is 4.74 Å². The second kappa shape index (κ2) is 4.65. The number of aromatic nitrogens is 1. The number of aliphatic hydroxyl groups is 1. The van der Waals surface area contributed by atoms with E-state index in [0.717, 1.165) is 19.3 Å². The summed E-state index contributed by atoms with van der Waals surface area (Å²) in [6, 6.07) is 3.70. The Bertz CT molecular complexity index is 394. The van der Waals surface area contributed by atoms with E-state index in [1.807, 2.05) is 12.1 Å². The van der Waals surface area contributed by atoms with Gasteiger partial charge in [0, 0.05) is 6.20 Å². The first-order chi connectivity index (χ1) is 8.08. The van der Waals surface area contributed by atoms with Crippen molar-refractivity contribution in [2.24, 2.45) is 11.8 Å². The standard InChI is InChI=1S/C14H21NO2/c1-10-6-7-14(16,11(2)9-10)13-12(17-3)5-4-8-15-13/h4-5,8,10-11,16H,6-7,9H2,1-3H3. The molecule has 3 unspecified atom stereocenters. The zero-order valence-corrected chi connectivity index (χ0v) is 10.8. The van der Waals surface area contributed by atoms with Crippen molar-refractivity contribution in [3.63, 3.8) is 0 Å². The zero-order chi connectivity index (χ0) is 12.5. The van der Waals surface area contributed by atoms with E-state index in [4.69, 9.17) is 4.74 Å².